The summed E-state index contributed by atoms with van der Waals surface area (Å²) in [5, 5.41) is 0. The van der Waals surface area contributed by atoms with E-state index < -0.39 is 0 Å². The van der Waals surface area contributed by atoms with Gasteiger partial charge in [0.1, 0.15) is 11.5 Å². The van der Waals surface area contributed by atoms with Gasteiger partial charge in [-0.1, -0.05) is 24.3 Å². The molecular weight excluding hydrogens is 264 g/mol. The van der Waals surface area contributed by atoms with E-state index in [2.05, 4.69) is 0 Å². The largest absolute Gasteiger partial charge is 0.466 e. The van der Waals surface area contributed by atoms with Crippen molar-refractivity contribution in [3.8, 4) is 11.5 Å². The highest BCUT2D eigenvalue weighted by molar-refractivity contribution is 5.69. The number of rotatable bonds is 6. The topological polar surface area (TPSA) is 35.5 Å². The second-order valence-electron chi connectivity index (χ2n) is 4.87. The summed E-state index contributed by atoms with van der Waals surface area (Å²) in [7, 11) is 0. The Balaban J connectivity index is 1.99. The molecule has 0 N–H and O–H groups in total. The van der Waals surface area contributed by atoms with Crippen LogP contribution in [0.2, 0.25) is 0 Å². The van der Waals surface area contributed by atoms with Gasteiger partial charge in [0.2, 0.25) is 0 Å². The molecule has 0 spiro atoms. The van der Waals surface area contributed by atoms with E-state index in [1.165, 1.54) is 0 Å². The molecule has 0 heterocycles. The number of hydrogen-bond acceptors (Lipinski definition) is 3. The van der Waals surface area contributed by atoms with E-state index in [0.29, 0.717) is 19.4 Å². The van der Waals surface area contributed by atoms with Gasteiger partial charge in [-0.25, -0.2) is 0 Å². The van der Waals surface area contributed by atoms with Crippen molar-refractivity contribution in [1.29, 1.82) is 0 Å². The van der Waals surface area contributed by atoms with Gasteiger partial charge in [-0.3, -0.25) is 4.79 Å². The van der Waals surface area contributed by atoms with Crippen LogP contribution in [0.5, 0.6) is 11.5 Å². The minimum atomic E-state index is -0.164. The van der Waals surface area contributed by atoms with E-state index >= 15 is 0 Å². The van der Waals surface area contributed by atoms with Crippen LogP contribution < -0.4 is 4.74 Å². The molecule has 0 saturated carbocycles. The smallest absolute Gasteiger partial charge is 0.306 e. The van der Waals surface area contributed by atoms with Crippen LogP contribution in [0, 0.1) is 6.92 Å². The molecule has 2 aromatic rings. The fourth-order valence-corrected chi connectivity index (χ4v) is 2.06. The molecule has 0 radical (unpaired) electrons. The molecule has 2 aromatic carbocycles. The number of carbonyl (C=O) groups is 1. The van der Waals surface area contributed by atoms with Gasteiger partial charge in [0, 0.05) is 6.42 Å². The molecule has 0 aliphatic heterocycles. The minimum absolute atomic E-state index is 0.164. The molecule has 0 atom stereocenters. The quantitative estimate of drug-likeness (QED) is 0.743. The maximum atomic E-state index is 11.4. The van der Waals surface area contributed by atoms with E-state index in [1.807, 2.05) is 62.4 Å². The summed E-state index contributed by atoms with van der Waals surface area (Å²) in [5.41, 5.74) is 2.22. The first kappa shape index (κ1) is 15.1. The Morgan fingerprint density at radius 3 is 2.48 bits per heavy atom. The van der Waals surface area contributed by atoms with Crippen molar-refractivity contribution in [3.05, 3.63) is 59.7 Å². The Bertz CT molecular complexity index is 605. The summed E-state index contributed by atoms with van der Waals surface area (Å²) in [4.78, 5) is 11.4. The van der Waals surface area contributed by atoms with Crippen LogP contribution >= 0.6 is 0 Å². The lowest BCUT2D eigenvalue weighted by Gasteiger charge is -2.08. The van der Waals surface area contributed by atoms with Gasteiger partial charge in [-0.2, -0.15) is 0 Å². The summed E-state index contributed by atoms with van der Waals surface area (Å²) in [6.07, 6.45) is 1.05. The van der Waals surface area contributed by atoms with Gasteiger partial charge in [-0.05, 0) is 55.7 Å². The first-order chi connectivity index (χ1) is 10.2. The van der Waals surface area contributed by atoms with E-state index in [0.717, 1.165) is 22.6 Å². The minimum Gasteiger partial charge on any atom is -0.466 e. The molecule has 0 bridgehead atoms. The second-order valence-corrected chi connectivity index (χ2v) is 4.87. The molecule has 0 unspecified atom stereocenters. The molecule has 3 heteroatoms. The Kier molecular flexibility index (Phi) is 5.38. The highest BCUT2D eigenvalue weighted by Crippen LogP contribution is 2.23. The predicted molar refractivity (Wildman–Crippen MR) is 82.6 cm³/mol. The van der Waals surface area contributed by atoms with Crippen molar-refractivity contribution in [2.24, 2.45) is 0 Å². The first-order valence-corrected chi connectivity index (χ1v) is 7.16. The first-order valence-electron chi connectivity index (χ1n) is 7.16. The van der Waals surface area contributed by atoms with Crippen LogP contribution in [-0.2, 0) is 16.0 Å². The van der Waals surface area contributed by atoms with Gasteiger partial charge >= 0.3 is 5.97 Å². The van der Waals surface area contributed by atoms with Gasteiger partial charge in [0.25, 0.3) is 0 Å². The Morgan fingerprint density at radius 1 is 1.05 bits per heavy atom. The standard InChI is InChI=1S/C18H20O3/c1-3-20-18(19)11-10-15-7-5-9-17(13-15)21-16-8-4-6-14(2)12-16/h4-9,12-13H,3,10-11H2,1-2H3. The fourth-order valence-electron chi connectivity index (χ4n) is 2.06. The zero-order valence-corrected chi connectivity index (χ0v) is 12.5. The molecule has 0 amide bonds. The lowest BCUT2D eigenvalue weighted by molar-refractivity contribution is -0.143. The van der Waals surface area contributed by atoms with Crippen molar-refractivity contribution in [2.75, 3.05) is 6.61 Å². The molecule has 21 heavy (non-hydrogen) atoms. The molecule has 110 valence electrons. The van der Waals surface area contributed by atoms with Crippen molar-refractivity contribution >= 4 is 5.97 Å². The maximum Gasteiger partial charge on any atom is 0.306 e. The third-order valence-electron chi connectivity index (χ3n) is 3.05. The predicted octanol–water partition coefficient (Wildman–Crippen LogP) is 4.28. The number of carbonyl (C=O) groups excluding carboxylic acids is 1. The van der Waals surface area contributed by atoms with E-state index in [9.17, 15) is 4.79 Å². The normalized spacial score (nSPS) is 10.2. The van der Waals surface area contributed by atoms with Crippen LogP contribution in [0.4, 0.5) is 0 Å². The molecular formula is C18H20O3. The third-order valence-corrected chi connectivity index (χ3v) is 3.05. The Morgan fingerprint density at radius 2 is 1.76 bits per heavy atom. The average Bonchev–Trinajstić information content (AvgIpc) is 2.46. The summed E-state index contributed by atoms with van der Waals surface area (Å²) >= 11 is 0. The lowest BCUT2D eigenvalue weighted by atomic mass is 10.1. The fraction of sp³-hybridized carbons (Fsp3) is 0.278. The van der Waals surface area contributed by atoms with Crippen molar-refractivity contribution in [3.63, 3.8) is 0 Å². The number of benzene rings is 2. The molecule has 0 aliphatic rings. The molecule has 2 rings (SSSR count). The van der Waals surface area contributed by atoms with Gasteiger partial charge < -0.3 is 9.47 Å². The average molecular weight is 284 g/mol. The van der Waals surface area contributed by atoms with Gasteiger partial charge in [0.15, 0.2) is 0 Å². The van der Waals surface area contributed by atoms with Crippen molar-refractivity contribution in [2.45, 2.75) is 26.7 Å². The second kappa shape index (κ2) is 7.48. The Labute approximate surface area is 125 Å². The summed E-state index contributed by atoms with van der Waals surface area (Å²) in [5.74, 6) is 1.43. The molecule has 3 nitrogen and oxygen atoms in total. The van der Waals surface area contributed by atoms with Crippen LogP contribution in [0.15, 0.2) is 48.5 Å². The van der Waals surface area contributed by atoms with Crippen LogP contribution in [0.25, 0.3) is 0 Å². The lowest BCUT2D eigenvalue weighted by Crippen LogP contribution is -2.05. The highest BCUT2D eigenvalue weighted by Gasteiger charge is 2.04. The molecule has 0 aliphatic carbocycles. The van der Waals surface area contributed by atoms with Gasteiger partial charge in [0.05, 0.1) is 6.61 Å². The van der Waals surface area contributed by atoms with E-state index in [4.69, 9.17) is 9.47 Å². The zero-order valence-electron chi connectivity index (χ0n) is 12.5. The SMILES string of the molecule is CCOC(=O)CCc1cccc(Oc2cccc(C)c2)c1. The van der Waals surface area contributed by atoms with Crippen molar-refractivity contribution < 1.29 is 14.3 Å². The van der Waals surface area contributed by atoms with Crippen LogP contribution in [-0.4, -0.2) is 12.6 Å². The van der Waals surface area contributed by atoms with Crippen LogP contribution in [0.1, 0.15) is 24.5 Å². The number of hydrogen-bond donors (Lipinski definition) is 0. The van der Waals surface area contributed by atoms with Gasteiger partial charge in [-0.15, -0.1) is 0 Å². The number of aryl methyl sites for hydroxylation is 2. The number of ether oxygens (including phenoxy) is 2. The van der Waals surface area contributed by atoms with E-state index in [-0.39, 0.29) is 5.97 Å². The highest BCUT2D eigenvalue weighted by atomic mass is 16.5. The monoisotopic (exact) mass is 284 g/mol. The Hall–Kier alpha value is -2.29. The summed E-state index contributed by atoms with van der Waals surface area (Å²) in [6.45, 7) is 4.27. The third kappa shape index (κ3) is 4.95. The molecule has 0 saturated heterocycles. The molecule has 0 aromatic heterocycles. The summed E-state index contributed by atoms with van der Waals surface area (Å²) in [6, 6.07) is 15.7. The van der Waals surface area contributed by atoms with Crippen molar-refractivity contribution in [1.82, 2.24) is 0 Å². The maximum absolute atomic E-state index is 11.4. The van der Waals surface area contributed by atoms with Crippen LogP contribution in [0.3, 0.4) is 0 Å². The zero-order chi connectivity index (χ0) is 15.1. The number of esters is 1. The summed E-state index contributed by atoms with van der Waals surface area (Å²) < 4.78 is 10.8. The molecule has 0 fully saturated rings. The van der Waals surface area contributed by atoms with E-state index in [1.54, 1.807) is 0 Å².